The van der Waals surface area contributed by atoms with Gasteiger partial charge in [0.1, 0.15) is 0 Å². The summed E-state index contributed by atoms with van der Waals surface area (Å²) in [7, 11) is 0. The Morgan fingerprint density at radius 3 is 2.11 bits per heavy atom. The zero-order valence-corrected chi connectivity index (χ0v) is 12.3. The maximum Gasteiger partial charge on any atom is 0.0406 e. The van der Waals surface area contributed by atoms with Crippen LogP contribution < -0.4 is 5.73 Å². The molecule has 1 aliphatic rings. The minimum atomic E-state index is 0.309. The van der Waals surface area contributed by atoms with E-state index in [1.807, 2.05) is 12.1 Å². The molecule has 1 aromatic rings. The number of benzene rings is 1. The van der Waals surface area contributed by atoms with Gasteiger partial charge in [0.25, 0.3) is 0 Å². The number of hydrogen-bond acceptors (Lipinski definition) is 1. The molecule has 0 bridgehead atoms. The summed E-state index contributed by atoms with van der Waals surface area (Å²) in [6.45, 7) is 5.54. The van der Waals surface area contributed by atoms with Crippen LogP contribution in [-0.2, 0) is 6.42 Å². The Bertz CT molecular complexity index is 384. The molecule has 2 heteroatoms. The van der Waals surface area contributed by atoms with Crippen molar-refractivity contribution in [3.05, 3.63) is 34.9 Å². The van der Waals surface area contributed by atoms with Crippen molar-refractivity contribution in [2.45, 2.75) is 46.0 Å². The normalized spacial score (nSPS) is 21.8. The molecule has 0 saturated heterocycles. The van der Waals surface area contributed by atoms with Gasteiger partial charge in [-0.3, -0.25) is 0 Å². The standard InChI is InChI=1S/C16H24ClN/c1-15(2)7-9-16(12-18,10-8-15)11-13-3-5-14(17)6-4-13/h3-6H,7-12,18H2,1-2H3. The Hall–Kier alpha value is -0.530. The number of halogens is 1. The van der Waals surface area contributed by atoms with Crippen LogP contribution in [0.5, 0.6) is 0 Å². The third kappa shape index (κ3) is 3.27. The number of nitrogens with two attached hydrogens (primary N) is 1. The summed E-state index contributed by atoms with van der Waals surface area (Å²) in [5, 5.41) is 0.810. The summed E-state index contributed by atoms with van der Waals surface area (Å²) >= 11 is 5.94. The predicted molar refractivity (Wildman–Crippen MR) is 78.9 cm³/mol. The molecule has 0 amide bonds. The van der Waals surface area contributed by atoms with Crippen molar-refractivity contribution < 1.29 is 0 Å². The summed E-state index contributed by atoms with van der Waals surface area (Å²) in [5.74, 6) is 0. The van der Waals surface area contributed by atoms with Gasteiger partial charge in [-0.05, 0) is 67.2 Å². The zero-order valence-electron chi connectivity index (χ0n) is 11.5. The van der Waals surface area contributed by atoms with E-state index >= 15 is 0 Å². The smallest absolute Gasteiger partial charge is 0.0406 e. The average molecular weight is 266 g/mol. The highest BCUT2D eigenvalue weighted by Gasteiger charge is 2.37. The average Bonchev–Trinajstić information content (AvgIpc) is 2.35. The van der Waals surface area contributed by atoms with Crippen LogP contribution >= 0.6 is 11.6 Å². The Balaban J connectivity index is 2.07. The fourth-order valence-corrected chi connectivity index (χ4v) is 3.07. The summed E-state index contributed by atoms with van der Waals surface area (Å²) in [5.41, 5.74) is 8.25. The monoisotopic (exact) mass is 265 g/mol. The maximum atomic E-state index is 6.08. The van der Waals surface area contributed by atoms with Crippen molar-refractivity contribution in [3.8, 4) is 0 Å². The highest BCUT2D eigenvalue weighted by molar-refractivity contribution is 6.30. The molecule has 0 atom stereocenters. The fourth-order valence-electron chi connectivity index (χ4n) is 2.95. The molecule has 1 saturated carbocycles. The van der Waals surface area contributed by atoms with Crippen molar-refractivity contribution in [1.29, 1.82) is 0 Å². The molecule has 1 fully saturated rings. The van der Waals surface area contributed by atoms with E-state index in [1.165, 1.54) is 31.2 Å². The Morgan fingerprint density at radius 2 is 1.61 bits per heavy atom. The zero-order chi connectivity index (χ0) is 13.2. The third-order valence-corrected chi connectivity index (χ3v) is 4.84. The lowest BCUT2D eigenvalue weighted by Gasteiger charge is -2.43. The molecule has 0 aromatic heterocycles. The lowest BCUT2D eigenvalue weighted by molar-refractivity contribution is 0.108. The van der Waals surface area contributed by atoms with Crippen molar-refractivity contribution in [2.75, 3.05) is 6.54 Å². The Kier molecular flexibility index (Phi) is 4.03. The second-order valence-corrected chi connectivity index (χ2v) is 7.11. The van der Waals surface area contributed by atoms with Gasteiger partial charge in [0.15, 0.2) is 0 Å². The second kappa shape index (κ2) is 5.22. The molecule has 0 spiro atoms. The fraction of sp³-hybridized carbons (Fsp3) is 0.625. The molecule has 1 nitrogen and oxygen atoms in total. The Morgan fingerprint density at radius 1 is 1.06 bits per heavy atom. The van der Waals surface area contributed by atoms with Gasteiger partial charge in [0.05, 0.1) is 0 Å². The van der Waals surface area contributed by atoms with Gasteiger partial charge in [-0.1, -0.05) is 37.6 Å². The van der Waals surface area contributed by atoms with Crippen molar-refractivity contribution in [3.63, 3.8) is 0 Å². The van der Waals surface area contributed by atoms with Crippen LogP contribution in [0.2, 0.25) is 5.02 Å². The molecular formula is C16H24ClN. The molecule has 2 N–H and O–H groups in total. The first-order valence-electron chi connectivity index (χ1n) is 6.89. The van der Waals surface area contributed by atoms with Crippen LogP contribution in [0, 0.1) is 10.8 Å². The molecule has 0 heterocycles. The van der Waals surface area contributed by atoms with E-state index in [0.29, 0.717) is 10.8 Å². The van der Waals surface area contributed by atoms with Crippen LogP contribution in [0.3, 0.4) is 0 Å². The van der Waals surface area contributed by atoms with E-state index in [0.717, 1.165) is 18.0 Å². The first kappa shape index (κ1) is 13.9. The van der Waals surface area contributed by atoms with E-state index < -0.39 is 0 Å². The molecule has 100 valence electrons. The molecule has 0 radical (unpaired) electrons. The van der Waals surface area contributed by atoms with Crippen LogP contribution in [0.4, 0.5) is 0 Å². The minimum Gasteiger partial charge on any atom is -0.330 e. The second-order valence-electron chi connectivity index (χ2n) is 6.67. The first-order valence-corrected chi connectivity index (χ1v) is 7.27. The maximum absolute atomic E-state index is 6.08. The molecule has 0 unspecified atom stereocenters. The van der Waals surface area contributed by atoms with Crippen LogP contribution in [0.15, 0.2) is 24.3 Å². The first-order chi connectivity index (χ1) is 8.45. The van der Waals surface area contributed by atoms with Gasteiger partial charge >= 0.3 is 0 Å². The number of rotatable bonds is 3. The van der Waals surface area contributed by atoms with Gasteiger partial charge in [-0.2, -0.15) is 0 Å². The number of hydrogen-bond donors (Lipinski definition) is 1. The van der Waals surface area contributed by atoms with Gasteiger partial charge < -0.3 is 5.73 Å². The van der Waals surface area contributed by atoms with Crippen molar-refractivity contribution >= 4 is 11.6 Å². The summed E-state index contributed by atoms with van der Waals surface area (Å²) in [6.07, 6.45) is 6.17. The molecular weight excluding hydrogens is 242 g/mol. The third-order valence-electron chi connectivity index (χ3n) is 4.59. The molecule has 1 aliphatic carbocycles. The van der Waals surface area contributed by atoms with Crippen molar-refractivity contribution in [2.24, 2.45) is 16.6 Å². The van der Waals surface area contributed by atoms with Gasteiger partial charge in [0, 0.05) is 5.02 Å². The topological polar surface area (TPSA) is 26.0 Å². The highest BCUT2D eigenvalue weighted by Crippen LogP contribution is 2.46. The van der Waals surface area contributed by atoms with Crippen LogP contribution in [0.25, 0.3) is 0 Å². The van der Waals surface area contributed by atoms with Crippen LogP contribution in [-0.4, -0.2) is 6.54 Å². The quantitative estimate of drug-likeness (QED) is 0.860. The molecule has 0 aliphatic heterocycles. The van der Waals surface area contributed by atoms with E-state index in [4.69, 9.17) is 17.3 Å². The lowest BCUT2D eigenvalue weighted by Crippen LogP contribution is -2.38. The summed E-state index contributed by atoms with van der Waals surface area (Å²) in [4.78, 5) is 0. The minimum absolute atomic E-state index is 0.309. The van der Waals surface area contributed by atoms with E-state index in [-0.39, 0.29) is 0 Å². The Labute approximate surface area is 116 Å². The SMILES string of the molecule is CC1(C)CCC(CN)(Cc2ccc(Cl)cc2)CC1. The van der Waals surface area contributed by atoms with E-state index in [9.17, 15) is 0 Å². The van der Waals surface area contributed by atoms with Gasteiger partial charge in [-0.15, -0.1) is 0 Å². The molecule has 18 heavy (non-hydrogen) atoms. The van der Waals surface area contributed by atoms with Crippen LogP contribution in [0.1, 0.15) is 45.1 Å². The van der Waals surface area contributed by atoms with Crippen molar-refractivity contribution in [1.82, 2.24) is 0 Å². The lowest BCUT2D eigenvalue weighted by atomic mass is 9.63. The van der Waals surface area contributed by atoms with Gasteiger partial charge in [-0.25, -0.2) is 0 Å². The largest absolute Gasteiger partial charge is 0.330 e. The molecule has 2 rings (SSSR count). The van der Waals surface area contributed by atoms with E-state index in [2.05, 4.69) is 26.0 Å². The molecule has 1 aromatic carbocycles. The van der Waals surface area contributed by atoms with Gasteiger partial charge in [0.2, 0.25) is 0 Å². The summed E-state index contributed by atoms with van der Waals surface area (Å²) < 4.78 is 0. The summed E-state index contributed by atoms with van der Waals surface area (Å²) in [6, 6.07) is 8.24. The highest BCUT2D eigenvalue weighted by atomic mass is 35.5. The predicted octanol–water partition coefficient (Wildman–Crippen LogP) is 4.43. The van der Waals surface area contributed by atoms with E-state index in [1.54, 1.807) is 0 Å².